The second-order valence-corrected chi connectivity index (χ2v) is 3.56. The first-order chi connectivity index (χ1) is 7.11. The SMILES string of the molecule is CCn1cc(-c2cc(N)n(C)n2)c(C)n1. The molecule has 0 radical (unpaired) electrons. The zero-order chi connectivity index (χ0) is 11.0. The molecular formula is C10H15N5. The summed E-state index contributed by atoms with van der Waals surface area (Å²) >= 11 is 0. The highest BCUT2D eigenvalue weighted by molar-refractivity contribution is 5.63. The maximum absolute atomic E-state index is 5.74. The van der Waals surface area contributed by atoms with Gasteiger partial charge >= 0.3 is 0 Å². The number of aromatic nitrogens is 4. The predicted molar refractivity (Wildman–Crippen MR) is 59.3 cm³/mol. The summed E-state index contributed by atoms with van der Waals surface area (Å²) in [5, 5.41) is 8.70. The molecule has 0 aromatic carbocycles. The van der Waals surface area contributed by atoms with E-state index in [2.05, 4.69) is 17.1 Å². The van der Waals surface area contributed by atoms with E-state index in [1.54, 1.807) is 4.68 Å². The van der Waals surface area contributed by atoms with Crippen LogP contribution in [0.25, 0.3) is 11.3 Å². The lowest BCUT2D eigenvalue weighted by molar-refractivity contribution is 0.653. The van der Waals surface area contributed by atoms with Gasteiger partial charge in [0.05, 0.1) is 11.4 Å². The number of hydrogen-bond donors (Lipinski definition) is 1. The molecule has 0 unspecified atom stereocenters. The molecular weight excluding hydrogens is 190 g/mol. The molecule has 0 amide bonds. The average Bonchev–Trinajstić information content (AvgIpc) is 2.71. The van der Waals surface area contributed by atoms with Crippen molar-refractivity contribution in [3.8, 4) is 11.3 Å². The van der Waals surface area contributed by atoms with Crippen molar-refractivity contribution in [1.29, 1.82) is 0 Å². The summed E-state index contributed by atoms with van der Waals surface area (Å²) in [4.78, 5) is 0. The first-order valence-corrected chi connectivity index (χ1v) is 4.95. The Hall–Kier alpha value is -1.78. The van der Waals surface area contributed by atoms with Gasteiger partial charge in [-0.25, -0.2) is 0 Å². The van der Waals surface area contributed by atoms with E-state index >= 15 is 0 Å². The summed E-state index contributed by atoms with van der Waals surface area (Å²) in [6.07, 6.45) is 2.00. The van der Waals surface area contributed by atoms with E-state index in [9.17, 15) is 0 Å². The van der Waals surface area contributed by atoms with E-state index < -0.39 is 0 Å². The Balaban J connectivity index is 2.48. The fraction of sp³-hybridized carbons (Fsp3) is 0.400. The van der Waals surface area contributed by atoms with E-state index in [-0.39, 0.29) is 0 Å². The van der Waals surface area contributed by atoms with Gasteiger partial charge in [-0.15, -0.1) is 0 Å². The Morgan fingerprint density at radius 2 is 2.13 bits per heavy atom. The molecule has 2 N–H and O–H groups in total. The first kappa shape index (κ1) is 9.76. The van der Waals surface area contributed by atoms with Gasteiger partial charge in [-0.2, -0.15) is 10.2 Å². The highest BCUT2D eigenvalue weighted by Gasteiger charge is 2.10. The molecule has 80 valence electrons. The Morgan fingerprint density at radius 3 is 2.60 bits per heavy atom. The molecule has 0 aliphatic rings. The highest BCUT2D eigenvalue weighted by atomic mass is 15.3. The van der Waals surface area contributed by atoms with Crippen LogP contribution in [0, 0.1) is 6.92 Å². The van der Waals surface area contributed by atoms with Gasteiger partial charge in [0.15, 0.2) is 0 Å². The van der Waals surface area contributed by atoms with E-state index in [4.69, 9.17) is 5.73 Å². The maximum atomic E-state index is 5.74. The molecule has 0 saturated carbocycles. The molecule has 5 heteroatoms. The van der Waals surface area contributed by atoms with E-state index in [1.165, 1.54) is 0 Å². The zero-order valence-electron chi connectivity index (χ0n) is 9.23. The summed E-state index contributed by atoms with van der Waals surface area (Å²) in [5.41, 5.74) is 8.65. The summed E-state index contributed by atoms with van der Waals surface area (Å²) in [6.45, 7) is 4.90. The molecule has 0 aliphatic carbocycles. The number of aryl methyl sites for hydroxylation is 3. The van der Waals surface area contributed by atoms with Gasteiger partial charge in [-0.05, 0) is 13.8 Å². The van der Waals surface area contributed by atoms with Crippen LogP contribution in [0.4, 0.5) is 5.82 Å². The van der Waals surface area contributed by atoms with Crippen LogP contribution >= 0.6 is 0 Å². The van der Waals surface area contributed by atoms with Gasteiger partial charge in [-0.1, -0.05) is 0 Å². The number of anilines is 1. The molecule has 0 bridgehead atoms. The fourth-order valence-electron chi connectivity index (χ4n) is 1.54. The minimum atomic E-state index is 0.661. The van der Waals surface area contributed by atoms with E-state index in [1.807, 2.05) is 30.9 Å². The van der Waals surface area contributed by atoms with Gasteiger partial charge in [0.2, 0.25) is 0 Å². The van der Waals surface area contributed by atoms with E-state index in [0.717, 1.165) is 23.5 Å². The third-order valence-electron chi connectivity index (χ3n) is 2.46. The molecule has 0 atom stereocenters. The van der Waals surface area contributed by atoms with Gasteiger partial charge in [0.1, 0.15) is 5.82 Å². The van der Waals surface area contributed by atoms with E-state index in [0.29, 0.717) is 5.82 Å². The van der Waals surface area contributed by atoms with Crippen molar-refractivity contribution in [1.82, 2.24) is 19.6 Å². The van der Waals surface area contributed by atoms with Gasteiger partial charge in [0, 0.05) is 31.4 Å². The fourth-order valence-corrected chi connectivity index (χ4v) is 1.54. The Kier molecular flexibility index (Phi) is 2.22. The van der Waals surface area contributed by atoms with Crippen molar-refractivity contribution in [2.75, 3.05) is 5.73 Å². The molecule has 15 heavy (non-hydrogen) atoms. The molecule has 2 aromatic heterocycles. The van der Waals surface area contributed by atoms with Crippen molar-refractivity contribution in [2.24, 2.45) is 7.05 Å². The lowest BCUT2D eigenvalue weighted by Gasteiger charge is -1.91. The van der Waals surface area contributed by atoms with Crippen molar-refractivity contribution in [3.05, 3.63) is 18.0 Å². The third-order valence-corrected chi connectivity index (χ3v) is 2.46. The standard InChI is InChI=1S/C10H15N5/c1-4-15-6-8(7(2)12-15)9-5-10(11)14(3)13-9/h5-6H,4,11H2,1-3H3. The quantitative estimate of drug-likeness (QED) is 0.801. The largest absolute Gasteiger partial charge is 0.384 e. The van der Waals surface area contributed by atoms with Crippen LogP contribution < -0.4 is 5.73 Å². The second kappa shape index (κ2) is 3.42. The zero-order valence-corrected chi connectivity index (χ0v) is 9.23. The Morgan fingerprint density at radius 1 is 1.40 bits per heavy atom. The highest BCUT2D eigenvalue weighted by Crippen LogP contribution is 2.22. The summed E-state index contributed by atoms with van der Waals surface area (Å²) in [6, 6.07) is 1.87. The topological polar surface area (TPSA) is 61.7 Å². The van der Waals surface area contributed by atoms with Gasteiger partial charge < -0.3 is 5.73 Å². The molecule has 2 aromatic rings. The lowest BCUT2D eigenvalue weighted by Crippen LogP contribution is -1.96. The smallest absolute Gasteiger partial charge is 0.121 e. The molecule has 0 aliphatic heterocycles. The van der Waals surface area contributed by atoms with Crippen LogP contribution in [0.1, 0.15) is 12.6 Å². The number of nitrogens with zero attached hydrogens (tertiary/aromatic N) is 4. The molecule has 0 spiro atoms. The maximum Gasteiger partial charge on any atom is 0.121 e. The predicted octanol–water partition coefficient (Wildman–Crippen LogP) is 1.19. The summed E-state index contributed by atoms with van der Waals surface area (Å²) < 4.78 is 3.56. The molecule has 2 heterocycles. The number of nitrogen functional groups attached to an aromatic ring is 1. The average molecular weight is 205 g/mol. The van der Waals surface area contributed by atoms with Crippen molar-refractivity contribution >= 4 is 5.82 Å². The van der Waals surface area contributed by atoms with Crippen LogP contribution in [-0.2, 0) is 13.6 Å². The van der Waals surface area contributed by atoms with Crippen LogP contribution in [0.5, 0.6) is 0 Å². The number of rotatable bonds is 2. The first-order valence-electron chi connectivity index (χ1n) is 4.95. The summed E-state index contributed by atoms with van der Waals surface area (Å²) in [7, 11) is 1.83. The Labute approximate surface area is 88.5 Å². The molecule has 0 fully saturated rings. The minimum Gasteiger partial charge on any atom is -0.384 e. The molecule has 2 rings (SSSR count). The van der Waals surface area contributed by atoms with Crippen LogP contribution in [0.3, 0.4) is 0 Å². The third kappa shape index (κ3) is 1.60. The van der Waals surface area contributed by atoms with Gasteiger partial charge in [-0.3, -0.25) is 9.36 Å². The van der Waals surface area contributed by atoms with Gasteiger partial charge in [0.25, 0.3) is 0 Å². The van der Waals surface area contributed by atoms with Crippen molar-refractivity contribution in [2.45, 2.75) is 20.4 Å². The van der Waals surface area contributed by atoms with Crippen molar-refractivity contribution in [3.63, 3.8) is 0 Å². The normalized spacial score (nSPS) is 10.9. The molecule has 5 nitrogen and oxygen atoms in total. The van der Waals surface area contributed by atoms with Crippen LogP contribution in [0.15, 0.2) is 12.3 Å². The number of hydrogen-bond acceptors (Lipinski definition) is 3. The van der Waals surface area contributed by atoms with Crippen molar-refractivity contribution < 1.29 is 0 Å². The Bertz CT molecular complexity index is 460. The monoisotopic (exact) mass is 205 g/mol. The minimum absolute atomic E-state index is 0.661. The lowest BCUT2D eigenvalue weighted by atomic mass is 10.2. The second-order valence-electron chi connectivity index (χ2n) is 3.56. The van der Waals surface area contributed by atoms with Crippen LogP contribution in [0.2, 0.25) is 0 Å². The summed E-state index contributed by atoms with van der Waals surface area (Å²) in [5.74, 6) is 0.661. The molecule has 0 saturated heterocycles. The van der Waals surface area contributed by atoms with Crippen LogP contribution in [-0.4, -0.2) is 19.6 Å². The number of nitrogens with two attached hydrogens (primary N) is 1.